The smallest absolute Gasteiger partial charge is 0.257 e. The molecule has 1 N–H and O–H groups in total. The molecule has 3 rings (SSSR count). The molecule has 0 aliphatic carbocycles. The fourth-order valence-corrected chi connectivity index (χ4v) is 4.32. The molecule has 27 heavy (non-hydrogen) atoms. The Morgan fingerprint density at radius 1 is 1.11 bits per heavy atom. The Hall–Kier alpha value is -2.71. The van der Waals surface area contributed by atoms with Crippen LogP contribution in [-0.4, -0.2) is 31.8 Å². The van der Waals surface area contributed by atoms with Crippen LogP contribution >= 0.6 is 11.6 Å². The highest BCUT2D eigenvalue weighted by Gasteiger charge is 2.36. The van der Waals surface area contributed by atoms with Crippen LogP contribution in [0.5, 0.6) is 0 Å². The quantitative estimate of drug-likeness (QED) is 0.787. The zero-order chi connectivity index (χ0) is 19.8. The number of ketones is 1. The fraction of sp³-hybridized carbons (Fsp3) is 0.167. The van der Waals surface area contributed by atoms with Crippen LogP contribution in [0, 0.1) is 0 Å². The molecule has 0 radical (unpaired) electrons. The van der Waals surface area contributed by atoms with Crippen LogP contribution in [-0.2, 0) is 14.8 Å². The molecular formula is C18H15ClN2O5S. The first-order valence-electron chi connectivity index (χ1n) is 7.97. The molecule has 2 aromatic rings. The van der Waals surface area contributed by atoms with Gasteiger partial charge in [-0.15, -0.1) is 0 Å². The highest BCUT2D eigenvalue weighted by molar-refractivity contribution is 7.94. The van der Waals surface area contributed by atoms with Gasteiger partial charge < -0.3 is 5.32 Å². The molecule has 0 saturated carbocycles. The summed E-state index contributed by atoms with van der Waals surface area (Å²) < 4.78 is 24.8. The predicted octanol–water partition coefficient (Wildman–Crippen LogP) is 2.86. The van der Waals surface area contributed by atoms with Crippen LogP contribution in [0.4, 0.5) is 11.4 Å². The van der Waals surface area contributed by atoms with Crippen LogP contribution in [0.3, 0.4) is 0 Å². The van der Waals surface area contributed by atoms with Crippen molar-refractivity contribution in [2.45, 2.75) is 13.3 Å². The van der Waals surface area contributed by atoms with Crippen molar-refractivity contribution in [3.8, 4) is 0 Å². The minimum absolute atomic E-state index is 0.0275. The third-order valence-corrected chi connectivity index (χ3v) is 6.08. The zero-order valence-corrected chi connectivity index (χ0v) is 15.8. The van der Waals surface area contributed by atoms with Crippen molar-refractivity contribution >= 4 is 50.6 Å². The van der Waals surface area contributed by atoms with Crippen LogP contribution in [0.15, 0.2) is 42.5 Å². The summed E-state index contributed by atoms with van der Waals surface area (Å²) in [6.07, 6.45) is -0.102. The number of carbonyl (C=O) groups excluding carboxylic acids is 3. The van der Waals surface area contributed by atoms with E-state index in [0.29, 0.717) is 15.6 Å². The lowest BCUT2D eigenvalue weighted by molar-refractivity contribution is -0.116. The number of carbonyl (C=O) groups is 3. The Balaban J connectivity index is 1.89. The molecule has 2 amide bonds. The van der Waals surface area contributed by atoms with Crippen molar-refractivity contribution < 1.29 is 22.8 Å². The molecule has 0 spiro atoms. The van der Waals surface area contributed by atoms with Gasteiger partial charge in [0.2, 0.25) is 15.9 Å². The molecule has 0 unspecified atom stereocenters. The minimum Gasteiger partial charge on any atom is -0.322 e. The normalized spacial score (nSPS) is 15.6. The van der Waals surface area contributed by atoms with E-state index in [1.165, 1.54) is 25.1 Å². The number of halogens is 1. The van der Waals surface area contributed by atoms with Crippen molar-refractivity contribution in [1.29, 1.82) is 0 Å². The summed E-state index contributed by atoms with van der Waals surface area (Å²) in [6, 6.07) is 10.3. The van der Waals surface area contributed by atoms with Gasteiger partial charge in [-0.05, 0) is 49.4 Å². The van der Waals surface area contributed by atoms with Gasteiger partial charge in [0, 0.05) is 17.7 Å². The van der Waals surface area contributed by atoms with Gasteiger partial charge in [-0.25, -0.2) is 12.7 Å². The fourth-order valence-electron chi connectivity index (χ4n) is 2.67. The first-order chi connectivity index (χ1) is 12.7. The molecule has 1 saturated heterocycles. The number of sulfonamides is 1. The molecule has 1 aliphatic rings. The number of nitrogens with zero attached hydrogens (tertiary/aromatic N) is 1. The van der Waals surface area contributed by atoms with Gasteiger partial charge in [0.25, 0.3) is 5.91 Å². The first kappa shape index (κ1) is 19.1. The predicted molar refractivity (Wildman–Crippen MR) is 102 cm³/mol. The van der Waals surface area contributed by atoms with Gasteiger partial charge in [-0.1, -0.05) is 11.6 Å². The number of amides is 2. The summed E-state index contributed by atoms with van der Waals surface area (Å²) in [7, 11) is -3.74. The van der Waals surface area contributed by atoms with Gasteiger partial charge in [-0.2, -0.15) is 0 Å². The van der Waals surface area contributed by atoms with E-state index in [0.717, 1.165) is 0 Å². The first-order valence-corrected chi connectivity index (χ1v) is 9.95. The average Bonchev–Trinajstić information content (AvgIpc) is 2.89. The zero-order valence-electron chi connectivity index (χ0n) is 14.2. The highest BCUT2D eigenvalue weighted by atomic mass is 35.5. The van der Waals surface area contributed by atoms with Crippen molar-refractivity contribution in [1.82, 2.24) is 0 Å². The number of Topliss-reactive ketones (excluding diaryl/α,β-unsaturated/α-hetero) is 1. The second-order valence-corrected chi connectivity index (χ2v) is 8.32. The van der Waals surface area contributed by atoms with E-state index < -0.39 is 21.8 Å². The van der Waals surface area contributed by atoms with Crippen LogP contribution in [0.1, 0.15) is 34.1 Å². The Morgan fingerprint density at radius 2 is 1.78 bits per heavy atom. The molecule has 0 atom stereocenters. The van der Waals surface area contributed by atoms with Crippen LogP contribution in [0.2, 0.25) is 5.02 Å². The summed E-state index contributed by atoms with van der Waals surface area (Å²) in [5, 5.41) is 2.74. The van der Waals surface area contributed by atoms with E-state index in [9.17, 15) is 22.8 Å². The Kier molecular flexibility index (Phi) is 5.03. The second-order valence-electron chi connectivity index (χ2n) is 5.98. The summed E-state index contributed by atoms with van der Waals surface area (Å²) >= 11 is 6.08. The van der Waals surface area contributed by atoms with Crippen LogP contribution in [0.25, 0.3) is 0 Å². The van der Waals surface area contributed by atoms with Gasteiger partial charge in [0.15, 0.2) is 5.78 Å². The van der Waals surface area contributed by atoms with Crippen molar-refractivity contribution in [3.05, 3.63) is 58.6 Å². The van der Waals surface area contributed by atoms with Gasteiger partial charge in [0.05, 0.1) is 22.0 Å². The van der Waals surface area contributed by atoms with Crippen LogP contribution < -0.4 is 9.62 Å². The SMILES string of the molecule is CC(=O)c1ccc(NC(=O)c2cc(N3C(=O)CCS3(=O)=O)ccc2Cl)cc1. The number of benzene rings is 2. The Morgan fingerprint density at radius 3 is 2.33 bits per heavy atom. The number of hydrogen-bond donors (Lipinski definition) is 1. The number of anilines is 2. The molecule has 0 bridgehead atoms. The number of hydrogen-bond acceptors (Lipinski definition) is 5. The third-order valence-electron chi connectivity index (χ3n) is 4.06. The lowest BCUT2D eigenvalue weighted by Crippen LogP contribution is -2.29. The molecule has 140 valence electrons. The lowest BCUT2D eigenvalue weighted by atomic mass is 10.1. The molecular weight excluding hydrogens is 392 g/mol. The largest absolute Gasteiger partial charge is 0.322 e. The molecule has 2 aromatic carbocycles. The van der Waals surface area contributed by atoms with Gasteiger partial charge >= 0.3 is 0 Å². The maximum atomic E-state index is 12.5. The summed E-state index contributed by atoms with van der Waals surface area (Å²) in [4.78, 5) is 35.8. The number of nitrogens with one attached hydrogen (secondary N) is 1. The molecule has 1 aliphatic heterocycles. The Labute approximate surface area is 161 Å². The summed E-state index contributed by atoms with van der Waals surface area (Å²) in [6.45, 7) is 1.44. The minimum atomic E-state index is -3.74. The van der Waals surface area contributed by atoms with Gasteiger partial charge in [0.1, 0.15) is 0 Å². The van der Waals surface area contributed by atoms with E-state index in [-0.39, 0.29) is 34.2 Å². The summed E-state index contributed by atoms with van der Waals surface area (Å²) in [5.74, 6) is -1.48. The molecule has 9 heteroatoms. The molecule has 1 fully saturated rings. The van der Waals surface area contributed by atoms with E-state index in [1.54, 1.807) is 24.3 Å². The third kappa shape index (κ3) is 3.86. The van der Waals surface area contributed by atoms with E-state index >= 15 is 0 Å². The Bertz CT molecular complexity index is 1050. The summed E-state index contributed by atoms with van der Waals surface area (Å²) in [5.41, 5.74) is 1.04. The molecule has 0 aromatic heterocycles. The standard InChI is InChI=1S/C18H15ClN2O5S/c1-11(22)12-2-4-13(5-3-12)20-18(24)15-10-14(6-7-16(15)19)21-17(23)8-9-27(21,25)26/h2-7,10H,8-9H2,1H3,(H,20,24). The van der Waals surface area contributed by atoms with E-state index in [2.05, 4.69) is 5.32 Å². The topological polar surface area (TPSA) is 101 Å². The van der Waals surface area contributed by atoms with Crippen molar-refractivity contribution in [2.24, 2.45) is 0 Å². The van der Waals surface area contributed by atoms with E-state index in [1.807, 2.05) is 0 Å². The lowest BCUT2D eigenvalue weighted by Gasteiger charge is -2.16. The highest BCUT2D eigenvalue weighted by Crippen LogP contribution is 2.29. The monoisotopic (exact) mass is 406 g/mol. The average molecular weight is 407 g/mol. The van der Waals surface area contributed by atoms with Crippen molar-refractivity contribution in [3.63, 3.8) is 0 Å². The van der Waals surface area contributed by atoms with E-state index in [4.69, 9.17) is 11.6 Å². The maximum Gasteiger partial charge on any atom is 0.257 e. The molecule has 7 nitrogen and oxygen atoms in total. The van der Waals surface area contributed by atoms with Gasteiger partial charge in [-0.3, -0.25) is 14.4 Å². The second kappa shape index (κ2) is 7.13. The number of rotatable bonds is 4. The molecule has 1 heterocycles. The van der Waals surface area contributed by atoms with Crippen molar-refractivity contribution in [2.75, 3.05) is 15.4 Å². The maximum absolute atomic E-state index is 12.5.